The summed E-state index contributed by atoms with van der Waals surface area (Å²) in [7, 11) is 1.64. The molecule has 1 aliphatic rings. The maximum atomic E-state index is 11.4. The van der Waals surface area contributed by atoms with Crippen molar-refractivity contribution >= 4 is 24.4 Å². The predicted octanol–water partition coefficient (Wildman–Crippen LogP) is -0.227. The monoisotopic (exact) mass is 214 g/mol. The van der Waals surface area contributed by atoms with E-state index in [4.69, 9.17) is 0 Å². The maximum Gasteiger partial charge on any atom is 0.312 e. The van der Waals surface area contributed by atoms with Crippen LogP contribution in [0, 0.1) is 0 Å². The van der Waals surface area contributed by atoms with Gasteiger partial charge < -0.3 is 9.80 Å². The van der Waals surface area contributed by atoms with Gasteiger partial charge in [0.1, 0.15) is 0 Å². The first kappa shape index (κ1) is 11.1. The lowest BCUT2D eigenvalue weighted by molar-refractivity contribution is -0.154. The zero-order valence-corrected chi connectivity index (χ0v) is 9.04. The standard InChI is InChI=1S/C9H14N2O2S/c1-10-5-6-11(4-2-3-7-14)9(13)8(10)12/h2-3,14H,4-7H2,1H3/b3-2+. The second-order valence-electron chi connectivity index (χ2n) is 3.13. The molecule has 0 spiro atoms. The van der Waals surface area contributed by atoms with E-state index in [1.807, 2.05) is 12.2 Å². The van der Waals surface area contributed by atoms with Gasteiger partial charge in [0.2, 0.25) is 0 Å². The Morgan fingerprint density at radius 2 is 2.00 bits per heavy atom. The molecule has 2 amide bonds. The van der Waals surface area contributed by atoms with E-state index in [0.717, 1.165) is 0 Å². The second-order valence-corrected chi connectivity index (χ2v) is 3.50. The van der Waals surface area contributed by atoms with Crippen molar-refractivity contribution in [3.05, 3.63) is 12.2 Å². The molecule has 0 radical (unpaired) electrons. The summed E-state index contributed by atoms with van der Waals surface area (Å²) in [5.41, 5.74) is 0. The van der Waals surface area contributed by atoms with Crippen molar-refractivity contribution in [1.82, 2.24) is 9.80 Å². The van der Waals surface area contributed by atoms with Gasteiger partial charge in [0.25, 0.3) is 0 Å². The van der Waals surface area contributed by atoms with Crippen molar-refractivity contribution < 1.29 is 9.59 Å². The fourth-order valence-electron chi connectivity index (χ4n) is 1.22. The highest BCUT2D eigenvalue weighted by molar-refractivity contribution is 7.80. The zero-order chi connectivity index (χ0) is 10.6. The molecule has 0 aromatic rings. The van der Waals surface area contributed by atoms with Crippen LogP contribution in [0.1, 0.15) is 0 Å². The maximum absolute atomic E-state index is 11.4. The van der Waals surface area contributed by atoms with Crippen LogP contribution in [-0.4, -0.2) is 54.0 Å². The van der Waals surface area contributed by atoms with Gasteiger partial charge in [0.15, 0.2) is 0 Å². The molecule has 1 saturated heterocycles. The Bertz CT molecular complexity index is 266. The molecule has 0 unspecified atom stereocenters. The van der Waals surface area contributed by atoms with E-state index in [1.54, 1.807) is 11.9 Å². The Morgan fingerprint density at radius 1 is 1.29 bits per heavy atom. The van der Waals surface area contributed by atoms with E-state index < -0.39 is 11.8 Å². The van der Waals surface area contributed by atoms with Crippen LogP contribution in [0.3, 0.4) is 0 Å². The van der Waals surface area contributed by atoms with Crippen molar-refractivity contribution in [3.8, 4) is 0 Å². The quantitative estimate of drug-likeness (QED) is 0.400. The number of carbonyl (C=O) groups is 2. The Labute approximate surface area is 89.0 Å². The summed E-state index contributed by atoms with van der Waals surface area (Å²) < 4.78 is 0. The van der Waals surface area contributed by atoms with Crippen LogP contribution < -0.4 is 0 Å². The summed E-state index contributed by atoms with van der Waals surface area (Å²) in [5.74, 6) is -0.186. The number of carbonyl (C=O) groups excluding carboxylic acids is 2. The van der Waals surface area contributed by atoms with Crippen LogP contribution in [0.2, 0.25) is 0 Å². The molecular weight excluding hydrogens is 200 g/mol. The number of nitrogens with zero attached hydrogens (tertiary/aromatic N) is 2. The number of likely N-dealkylation sites (N-methyl/N-ethyl adjacent to an activating group) is 1. The van der Waals surface area contributed by atoms with Gasteiger partial charge in [-0.1, -0.05) is 12.2 Å². The molecule has 5 heteroatoms. The number of thiol groups is 1. The topological polar surface area (TPSA) is 40.6 Å². The number of hydrogen-bond donors (Lipinski definition) is 1. The average molecular weight is 214 g/mol. The molecular formula is C9H14N2O2S. The summed E-state index contributed by atoms with van der Waals surface area (Å²) >= 11 is 4.01. The third-order valence-electron chi connectivity index (χ3n) is 2.12. The van der Waals surface area contributed by atoms with E-state index in [0.29, 0.717) is 25.4 Å². The molecule has 1 fully saturated rings. The zero-order valence-electron chi connectivity index (χ0n) is 8.14. The van der Waals surface area contributed by atoms with E-state index in [-0.39, 0.29) is 0 Å². The average Bonchev–Trinajstić information content (AvgIpc) is 2.18. The van der Waals surface area contributed by atoms with Gasteiger partial charge in [-0.25, -0.2) is 0 Å². The molecule has 1 rings (SSSR count). The van der Waals surface area contributed by atoms with Crippen LogP contribution in [0.4, 0.5) is 0 Å². The lowest BCUT2D eigenvalue weighted by atomic mass is 10.3. The van der Waals surface area contributed by atoms with Gasteiger partial charge >= 0.3 is 11.8 Å². The normalized spacial score (nSPS) is 18.4. The predicted molar refractivity (Wildman–Crippen MR) is 57.2 cm³/mol. The lowest BCUT2D eigenvalue weighted by Crippen LogP contribution is -2.52. The third kappa shape index (κ3) is 2.51. The minimum Gasteiger partial charge on any atom is -0.336 e. The highest BCUT2D eigenvalue weighted by Crippen LogP contribution is 2.02. The molecule has 0 bridgehead atoms. The molecule has 0 aromatic carbocycles. The van der Waals surface area contributed by atoms with Gasteiger partial charge in [-0.15, -0.1) is 0 Å². The van der Waals surface area contributed by atoms with Crippen molar-refractivity contribution in [2.24, 2.45) is 0 Å². The first-order valence-electron chi connectivity index (χ1n) is 4.47. The lowest BCUT2D eigenvalue weighted by Gasteiger charge is -2.30. The molecule has 1 aliphatic heterocycles. The molecule has 0 saturated carbocycles. The largest absolute Gasteiger partial charge is 0.336 e. The Morgan fingerprint density at radius 3 is 2.64 bits per heavy atom. The van der Waals surface area contributed by atoms with E-state index in [9.17, 15) is 9.59 Å². The van der Waals surface area contributed by atoms with Crippen molar-refractivity contribution in [2.75, 3.05) is 32.4 Å². The minimum absolute atomic E-state index is 0.414. The minimum atomic E-state index is -0.421. The summed E-state index contributed by atoms with van der Waals surface area (Å²) in [6, 6.07) is 0. The fraction of sp³-hybridized carbons (Fsp3) is 0.556. The molecule has 14 heavy (non-hydrogen) atoms. The van der Waals surface area contributed by atoms with E-state index in [1.165, 1.54) is 4.90 Å². The molecule has 78 valence electrons. The molecule has 1 heterocycles. The molecule has 0 aromatic heterocycles. The highest BCUT2D eigenvalue weighted by atomic mass is 32.1. The van der Waals surface area contributed by atoms with Gasteiger partial charge in [-0.3, -0.25) is 9.59 Å². The van der Waals surface area contributed by atoms with Crippen LogP contribution in [0.25, 0.3) is 0 Å². The van der Waals surface area contributed by atoms with Crippen LogP contribution in [0.15, 0.2) is 12.2 Å². The number of amides is 2. The number of piperazine rings is 1. The second kappa shape index (κ2) is 5.05. The van der Waals surface area contributed by atoms with Gasteiger partial charge in [-0.2, -0.15) is 12.6 Å². The van der Waals surface area contributed by atoms with E-state index >= 15 is 0 Å². The molecule has 4 nitrogen and oxygen atoms in total. The highest BCUT2D eigenvalue weighted by Gasteiger charge is 2.29. The first-order valence-corrected chi connectivity index (χ1v) is 5.10. The van der Waals surface area contributed by atoms with Crippen LogP contribution >= 0.6 is 12.6 Å². The van der Waals surface area contributed by atoms with Crippen LogP contribution in [0.5, 0.6) is 0 Å². The first-order chi connectivity index (χ1) is 6.66. The molecule has 0 N–H and O–H groups in total. The molecule has 0 atom stereocenters. The molecule has 0 aliphatic carbocycles. The fourth-order valence-corrected chi connectivity index (χ4v) is 1.37. The van der Waals surface area contributed by atoms with Gasteiger partial charge in [-0.05, 0) is 0 Å². The Kier molecular flexibility index (Phi) is 4.00. The Balaban J connectivity index is 2.51. The SMILES string of the molecule is CN1CCN(C/C=C/CS)C(=O)C1=O. The summed E-state index contributed by atoms with van der Waals surface area (Å²) in [6.07, 6.45) is 3.71. The summed E-state index contributed by atoms with van der Waals surface area (Å²) in [4.78, 5) is 25.7. The summed E-state index contributed by atoms with van der Waals surface area (Å²) in [6.45, 7) is 1.72. The van der Waals surface area contributed by atoms with E-state index in [2.05, 4.69) is 12.6 Å². The smallest absolute Gasteiger partial charge is 0.312 e. The van der Waals surface area contributed by atoms with Crippen molar-refractivity contribution in [1.29, 1.82) is 0 Å². The Hall–Kier alpha value is -0.970. The number of hydrogen-bond acceptors (Lipinski definition) is 3. The van der Waals surface area contributed by atoms with Crippen molar-refractivity contribution in [2.45, 2.75) is 0 Å². The van der Waals surface area contributed by atoms with Crippen molar-refractivity contribution in [3.63, 3.8) is 0 Å². The van der Waals surface area contributed by atoms with Crippen LogP contribution in [-0.2, 0) is 9.59 Å². The van der Waals surface area contributed by atoms with Gasteiger partial charge in [0.05, 0.1) is 0 Å². The summed E-state index contributed by atoms with van der Waals surface area (Å²) in [5, 5.41) is 0. The number of rotatable bonds is 3. The van der Waals surface area contributed by atoms with Gasteiger partial charge in [0, 0.05) is 32.4 Å². The third-order valence-corrected chi connectivity index (χ3v) is 2.33.